The Bertz CT molecular complexity index is 427. The minimum atomic E-state index is -0.421. The lowest BCUT2D eigenvalue weighted by Crippen LogP contribution is -2.36. The molecule has 0 spiro atoms. The molecule has 4 nitrogen and oxygen atoms in total. The standard InChI is InChI=1S/C15H25FN2O2/c1-5-7-20-15-9-14(13(17)8-12(15)16)18(6-2)11(3)10-19-4/h8-9,11H,5-7,10,17H2,1-4H3. The van der Waals surface area contributed by atoms with E-state index in [4.69, 9.17) is 15.2 Å². The maximum absolute atomic E-state index is 13.8. The Morgan fingerprint density at radius 2 is 2.05 bits per heavy atom. The van der Waals surface area contributed by atoms with E-state index in [1.165, 1.54) is 6.07 Å². The van der Waals surface area contributed by atoms with E-state index in [9.17, 15) is 4.39 Å². The lowest BCUT2D eigenvalue weighted by Gasteiger charge is -2.31. The smallest absolute Gasteiger partial charge is 0.167 e. The third kappa shape index (κ3) is 4.00. The minimum Gasteiger partial charge on any atom is -0.490 e. The zero-order valence-electron chi connectivity index (χ0n) is 12.8. The number of anilines is 2. The molecule has 0 heterocycles. The summed E-state index contributed by atoms with van der Waals surface area (Å²) in [6.45, 7) is 7.88. The highest BCUT2D eigenvalue weighted by molar-refractivity contribution is 5.70. The van der Waals surface area contributed by atoms with Crippen LogP contribution in [-0.2, 0) is 4.74 Å². The van der Waals surface area contributed by atoms with Gasteiger partial charge in [0.05, 0.1) is 24.6 Å². The number of halogens is 1. The van der Waals surface area contributed by atoms with Crippen molar-refractivity contribution in [2.75, 3.05) is 37.5 Å². The summed E-state index contributed by atoms with van der Waals surface area (Å²) >= 11 is 0. The first kappa shape index (κ1) is 16.6. The SMILES string of the molecule is CCCOc1cc(N(CC)C(C)COC)c(N)cc1F. The Morgan fingerprint density at radius 3 is 2.60 bits per heavy atom. The van der Waals surface area contributed by atoms with Gasteiger partial charge in [0.2, 0.25) is 0 Å². The fourth-order valence-corrected chi connectivity index (χ4v) is 2.18. The van der Waals surface area contributed by atoms with Crippen molar-refractivity contribution >= 4 is 11.4 Å². The number of nitrogens with zero attached hydrogens (tertiary/aromatic N) is 1. The third-order valence-corrected chi connectivity index (χ3v) is 3.13. The van der Waals surface area contributed by atoms with Gasteiger partial charge >= 0.3 is 0 Å². The Morgan fingerprint density at radius 1 is 1.35 bits per heavy atom. The Kier molecular flexibility index (Phi) is 6.58. The van der Waals surface area contributed by atoms with Crippen LogP contribution >= 0.6 is 0 Å². The summed E-state index contributed by atoms with van der Waals surface area (Å²) in [6.07, 6.45) is 0.830. The number of methoxy groups -OCH3 is 1. The molecule has 0 aliphatic carbocycles. The fourth-order valence-electron chi connectivity index (χ4n) is 2.18. The molecule has 0 fully saturated rings. The second kappa shape index (κ2) is 7.94. The van der Waals surface area contributed by atoms with Crippen molar-refractivity contribution in [1.82, 2.24) is 0 Å². The molecular formula is C15H25FN2O2. The molecule has 1 aromatic rings. The molecule has 114 valence electrons. The molecule has 1 aromatic carbocycles. The monoisotopic (exact) mass is 284 g/mol. The van der Waals surface area contributed by atoms with Gasteiger partial charge in [-0.2, -0.15) is 0 Å². The van der Waals surface area contributed by atoms with Crippen LogP contribution in [0, 0.1) is 5.82 Å². The van der Waals surface area contributed by atoms with Crippen LogP contribution in [0.15, 0.2) is 12.1 Å². The summed E-state index contributed by atoms with van der Waals surface area (Å²) in [5.74, 6) is -0.172. The van der Waals surface area contributed by atoms with Crippen molar-refractivity contribution < 1.29 is 13.9 Å². The van der Waals surface area contributed by atoms with E-state index in [2.05, 4.69) is 4.90 Å². The van der Waals surface area contributed by atoms with Crippen LogP contribution < -0.4 is 15.4 Å². The second-order valence-electron chi connectivity index (χ2n) is 4.78. The number of nitrogens with two attached hydrogens (primary N) is 1. The van der Waals surface area contributed by atoms with E-state index in [0.29, 0.717) is 18.9 Å². The van der Waals surface area contributed by atoms with Crippen molar-refractivity contribution in [1.29, 1.82) is 0 Å². The molecule has 5 heteroatoms. The molecule has 0 aliphatic heterocycles. The first-order valence-corrected chi connectivity index (χ1v) is 7.02. The van der Waals surface area contributed by atoms with E-state index in [0.717, 1.165) is 18.7 Å². The maximum atomic E-state index is 13.8. The highest BCUT2D eigenvalue weighted by Crippen LogP contribution is 2.32. The number of ether oxygens (including phenoxy) is 2. The van der Waals surface area contributed by atoms with Crippen molar-refractivity contribution in [2.24, 2.45) is 0 Å². The van der Waals surface area contributed by atoms with Crippen molar-refractivity contribution in [3.8, 4) is 5.75 Å². The average molecular weight is 284 g/mol. The topological polar surface area (TPSA) is 47.7 Å². The fraction of sp³-hybridized carbons (Fsp3) is 0.600. The van der Waals surface area contributed by atoms with Gasteiger partial charge in [-0.3, -0.25) is 0 Å². The van der Waals surface area contributed by atoms with E-state index >= 15 is 0 Å². The van der Waals surface area contributed by atoms with Crippen LogP contribution in [0.2, 0.25) is 0 Å². The normalized spacial score (nSPS) is 12.2. The number of rotatable bonds is 8. The van der Waals surface area contributed by atoms with Crippen LogP contribution in [0.3, 0.4) is 0 Å². The van der Waals surface area contributed by atoms with Gasteiger partial charge in [-0.25, -0.2) is 4.39 Å². The Balaban J connectivity index is 3.07. The van der Waals surface area contributed by atoms with Gasteiger partial charge in [-0.05, 0) is 20.3 Å². The van der Waals surface area contributed by atoms with E-state index in [1.807, 2.05) is 20.8 Å². The largest absolute Gasteiger partial charge is 0.490 e. The highest BCUT2D eigenvalue weighted by Gasteiger charge is 2.18. The predicted molar refractivity (Wildman–Crippen MR) is 81.0 cm³/mol. The zero-order valence-corrected chi connectivity index (χ0v) is 12.8. The molecule has 2 N–H and O–H groups in total. The number of hydrogen-bond acceptors (Lipinski definition) is 4. The summed E-state index contributed by atoms with van der Waals surface area (Å²) < 4.78 is 24.4. The predicted octanol–water partition coefficient (Wildman–Crippen LogP) is 3.06. The summed E-state index contributed by atoms with van der Waals surface area (Å²) in [4.78, 5) is 2.08. The summed E-state index contributed by atoms with van der Waals surface area (Å²) in [5.41, 5.74) is 7.15. The lowest BCUT2D eigenvalue weighted by molar-refractivity contribution is 0.182. The molecule has 20 heavy (non-hydrogen) atoms. The van der Waals surface area contributed by atoms with Gasteiger partial charge in [-0.1, -0.05) is 6.92 Å². The third-order valence-electron chi connectivity index (χ3n) is 3.13. The Labute approximate surface area is 120 Å². The van der Waals surface area contributed by atoms with E-state index in [-0.39, 0.29) is 11.8 Å². The molecule has 1 rings (SSSR count). The second-order valence-corrected chi connectivity index (χ2v) is 4.78. The number of likely N-dealkylation sites (N-methyl/N-ethyl adjacent to an activating group) is 1. The number of benzene rings is 1. The van der Waals surface area contributed by atoms with Crippen LogP contribution in [-0.4, -0.2) is 32.9 Å². The molecular weight excluding hydrogens is 259 g/mol. The summed E-state index contributed by atoms with van der Waals surface area (Å²) in [7, 11) is 1.66. The minimum absolute atomic E-state index is 0.150. The van der Waals surface area contributed by atoms with Crippen molar-refractivity contribution in [3.05, 3.63) is 17.9 Å². The molecule has 0 saturated carbocycles. The number of hydrogen-bond donors (Lipinski definition) is 1. The van der Waals surface area contributed by atoms with Gasteiger partial charge in [0.25, 0.3) is 0 Å². The first-order chi connectivity index (χ1) is 9.54. The van der Waals surface area contributed by atoms with Crippen LogP contribution in [0.4, 0.5) is 15.8 Å². The van der Waals surface area contributed by atoms with Gasteiger partial charge in [-0.15, -0.1) is 0 Å². The molecule has 1 atom stereocenters. The molecule has 0 amide bonds. The highest BCUT2D eigenvalue weighted by atomic mass is 19.1. The molecule has 1 unspecified atom stereocenters. The Hall–Kier alpha value is -1.49. The van der Waals surface area contributed by atoms with Crippen LogP contribution in [0.25, 0.3) is 0 Å². The zero-order chi connectivity index (χ0) is 15.1. The molecule has 0 bridgehead atoms. The van der Waals surface area contributed by atoms with Crippen LogP contribution in [0.5, 0.6) is 5.75 Å². The van der Waals surface area contributed by atoms with E-state index in [1.54, 1.807) is 13.2 Å². The summed E-state index contributed by atoms with van der Waals surface area (Å²) in [6, 6.07) is 3.15. The number of nitrogen functional groups attached to an aromatic ring is 1. The molecule has 0 aromatic heterocycles. The van der Waals surface area contributed by atoms with Gasteiger partial charge < -0.3 is 20.1 Å². The lowest BCUT2D eigenvalue weighted by atomic mass is 10.2. The summed E-state index contributed by atoms with van der Waals surface area (Å²) in [5, 5.41) is 0. The molecule has 0 saturated heterocycles. The first-order valence-electron chi connectivity index (χ1n) is 7.02. The van der Waals surface area contributed by atoms with Gasteiger partial charge in [0.15, 0.2) is 11.6 Å². The quantitative estimate of drug-likeness (QED) is 0.745. The van der Waals surface area contributed by atoms with Crippen molar-refractivity contribution in [3.63, 3.8) is 0 Å². The maximum Gasteiger partial charge on any atom is 0.167 e. The molecule has 0 aliphatic rings. The van der Waals surface area contributed by atoms with Crippen LogP contribution in [0.1, 0.15) is 27.2 Å². The molecule has 0 radical (unpaired) electrons. The van der Waals surface area contributed by atoms with Gasteiger partial charge in [0, 0.05) is 31.8 Å². The van der Waals surface area contributed by atoms with Gasteiger partial charge in [0.1, 0.15) is 0 Å². The van der Waals surface area contributed by atoms with E-state index < -0.39 is 5.82 Å². The van der Waals surface area contributed by atoms with Crippen molar-refractivity contribution in [2.45, 2.75) is 33.2 Å². The average Bonchev–Trinajstić information content (AvgIpc) is 2.41.